The minimum Gasteiger partial charge on any atom is -0.379 e. The van der Waals surface area contributed by atoms with Crippen molar-refractivity contribution in [2.24, 2.45) is 0 Å². The summed E-state index contributed by atoms with van der Waals surface area (Å²) >= 11 is 0. The number of nitrogens with zero attached hydrogens (tertiary/aromatic N) is 1. The molecule has 3 nitrogen and oxygen atoms in total. The molecule has 1 saturated heterocycles. The van der Waals surface area contributed by atoms with Crippen LogP contribution in [-0.2, 0) is 11.2 Å². The Hall–Kier alpha value is -1.04. The number of rotatable bonds is 6. The predicted molar refractivity (Wildman–Crippen MR) is 74.8 cm³/mol. The Morgan fingerprint density at radius 2 is 2.00 bits per heavy atom. The highest BCUT2D eigenvalue weighted by molar-refractivity contribution is 5.18. The van der Waals surface area contributed by atoms with E-state index in [1.54, 1.807) is 6.07 Å². The fourth-order valence-electron chi connectivity index (χ4n) is 2.39. The third-order valence-corrected chi connectivity index (χ3v) is 3.53. The van der Waals surface area contributed by atoms with Crippen LogP contribution >= 0.6 is 0 Å². The van der Waals surface area contributed by atoms with Crippen LogP contribution in [0.3, 0.4) is 0 Å². The van der Waals surface area contributed by atoms with E-state index < -0.39 is 11.6 Å². The van der Waals surface area contributed by atoms with E-state index in [1.165, 1.54) is 12.1 Å². The maximum atomic E-state index is 13.1. The van der Waals surface area contributed by atoms with Gasteiger partial charge in [0.15, 0.2) is 11.6 Å². The highest BCUT2D eigenvalue weighted by atomic mass is 19.2. The normalized spacial score (nSPS) is 18.1. The second kappa shape index (κ2) is 7.67. The summed E-state index contributed by atoms with van der Waals surface area (Å²) in [5, 5.41) is 3.41. The molecule has 0 aromatic heterocycles. The van der Waals surface area contributed by atoms with Gasteiger partial charge in [0.25, 0.3) is 0 Å². The van der Waals surface area contributed by atoms with Gasteiger partial charge in [0.1, 0.15) is 0 Å². The summed E-state index contributed by atoms with van der Waals surface area (Å²) in [4.78, 5) is 2.37. The Bertz CT molecular complexity index is 422. The Balaban J connectivity index is 1.67. The molecule has 1 fully saturated rings. The molecule has 1 aliphatic rings. The van der Waals surface area contributed by atoms with Crippen LogP contribution < -0.4 is 5.32 Å². The zero-order valence-corrected chi connectivity index (χ0v) is 11.9. The van der Waals surface area contributed by atoms with Gasteiger partial charge in [-0.15, -0.1) is 0 Å². The van der Waals surface area contributed by atoms with Gasteiger partial charge in [-0.25, -0.2) is 8.78 Å². The summed E-state index contributed by atoms with van der Waals surface area (Å²) in [5.74, 6) is -1.56. The monoisotopic (exact) mass is 284 g/mol. The van der Waals surface area contributed by atoms with Gasteiger partial charge < -0.3 is 10.1 Å². The Morgan fingerprint density at radius 3 is 2.70 bits per heavy atom. The SMILES string of the molecule is CC(CN1CCOCC1)NCCc1ccc(F)c(F)c1. The van der Waals surface area contributed by atoms with Crippen molar-refractivity contribution in [1.82, 2.24) is 10.2 Å². The summed E-state index contributed by atoms with van der Waals surface area (Å²) in [7, 11) is 0. The van der Waals surface area contributed by atoms with Gasteiger partial charge >= 0.3 is 0 Å². The molecule has 20 heavy (non-hydrogen) atoms. The van der Waals surface area contributed by atoms with E-state index in [2.05, 4.69) is 17.1 Å². The zero-order valence-electron chi connectivity index (χ0n) is 11.9. The predicted octanol–water partition coefficient (Wildman–Crippen LogP) is 1.82. The van der Waals surface area contributed by atoms with Crippen molar-refractivity contribution in [2.45, 2.75) is 19.4 Å². The van der Waals surface area contributed by atoms with Crippen molar-refractivity contribution < 1.29 is 13.5 Å². The number of benzene rings is 1. The maximum Gasteiger partial charge on any atom is 0.159 e. The van der Waals surface area contributed by atoms with Crippen LogP contribution in [0.25, 0.3) is 0 Å². The fourth-order valence-corrected chi connectivity index (χ4v) is 2.39. The first-order valence-corrected chi connectivity index (χ1v) is 7.12. The Morgan fingerprint density at radius 1 is 1.25 bits per heavy atom. The molecular weight excluding hydrogens is 262 g/mol. The lowest BCUT2D eigenvalue weighted by atomic mass is 10.1. The first kappa shape index (κ1) is 15.4. The van der Waals surface area contributed by atoms with E-state index in [0.717, 1.165) is 45.0 Å². The number of hydrogen-bond acceptors (Lipinski definition) is 3. The number of hydrogen-bond donors (Lipinski definition) is 1. The molecule has 1 unspecified atom stereocenters. The minimum atomic E-state index is -0.789. The smallest absolute Gasteiger partial charge is 0.159 e. The van der Waals surface area contributed by atoms with Crippen LogP contribution in [-0.4, -0.2) is 50.3 Å². The van der Waals surface area contributed by atoms with Crippen molar-refractivity contribution in [2.75, 3.05) is 39.4 Å². The molecule has 0 spiro atoms. The molecule has 112 valence electrons. The standard InChI is InChI=1S/C15H22F2N2O/c1-12(11-19-6-8-20-9-7-19)18-5-4-13-2-3-14(16)15(17)10-13/h2-3,10,12,18H,4-9,11H2,1H3. The largest absolute Gasteiger partial charge is 0.379 e. The van der Waals surface area contributed by atoms with E-state index >= 15 is 0 Å². The number of ether oxygens (including phenoxy) is 1. The summed E-state index contributed by atoms with van der Waals surface area (Å²) in [5.41, 5.74) is 0.815. The molecule has 2 rings (SSSR count). The summed E-state index contributed by atoms with van der Waals surface area (Å²) in [6.45, 7) is 7.46. The second-order valence-corrected chi connectivity index (χ2v) is 5.27. The van der Waals surface area contributed by atoms with Gasteiger partial charge in [-0.2, -0.15) is 0 Å². The quantitative estimate of drug-likeness (QED) is 0.862. The molecule has 1 N–H and O–H groups in total. The van der Waals surface area contributed by atoms with Gasteiger partial charge in [0.2, 0.25) is 0 Å². The molecule has 1 aliphatic heterocycles. The summed E-state index contributed by atoms with van der Waals surface area (Å²) in [6, 6.07) is 4.46. The topological polar surface area (TPSA) is 24.5 Å². The van der Waals surface area contributed by atoms with Gasteiger partial charge in [0.05, 0.1) is 13.2 Å². The molecule has 0 radical (unpaired) electrons. The van der Waals surface area contributed by atoms with Crippen LogP contribution in [0.5, 0.6) is 0 Å². The average Bonchev–Trinajstić information content (AvgIpc) is 2.44. The van der Waals surface area contributed by atoms with Crippen LogP contribution in [0.4, 0.5) is 8.78 Å². The molecule has 0 amide bonds. The highest BCUT2D eigenvalue weighted by Gasteiger charge is 2.13. The number of halogens is 2. The van der Waals surface area contributed by atoms with Crippen LogP contribution in [0.15, 0.2) is 18.2 Å². The fraction of sp³-hybridized carbons (Fsp3) is 0.600. The van der Waals surface area contributed by atoms with Crippen LogP contribution in [0.2, 0.25) is 0 Å². The lowest BCUT2D eigenvalue weighted by Crippen LogP contribution is -2.44. The van der Waals surface area contributed by atoms with E-state index in [-0.39, 0.29) is 0 Å². The Kier molecular flexibility index (Phi) is 5.88. The third-order valence-electron chi connectivity index (χ3n) is 3.53. The van der Waals surface area contributed by atoms with Crippen molar-refractivity contribution >= 4 is 0 Å². The molecular formula is C15H22F2N2O. The van der Waals surface area contributed by atoms with Crippen LogP contribution in [0, 0.1) is 11.6 Å². The molecule has 0 bridgehead atoms. The summed E-state index contributed by atoms with van der Waals surface area (Å²) in [6.07, 6.45) is 0.699. The molecule has 1 atom stereocenters. The molecule has 0 aliphatic carbocycles. The summed E-state index contributed by atoms with van der Waals surface area (Å²) < 4.78 is 31.2. The number of morpholine rings is 1. The lowest BCUT2D eigenvalue weighted by molar-refractivity contribution is 0.0344. The van der Waals surface area contributed by atoms with Gasteiger partial charge in [-0.3, -0.25) is 4.90 Å². The maximum absolute atomic E-state index is 13.1. The molecule has 1 aromatic carbocycles. The molecule has 0 saturated carbocycles. The molecule has 1 aromatic rings. The average molecular weight is 284 g/mol. The first-order valence-electron chi connectivity index (χ1n) is 7.12. The van der Waals surface area contributed by atoms with Gasteiger partial charge in [0, 0.05) is 25.7 Å². The molecule has 5 heteroatoms. The van der Waals surface area contributed by atoms with Gasteiger partial charge in [-0.05, 0) is 37.6 Å². The van der Waals surface area contributed by atoms with E-state index in [1.807, 2.05) is 0 Å². The van der Waals surface area contributed by atoms with Crippen molar-refractivity contribution in [3.05, 3.63) is 35.4 Å². The first-order chi connectivity index (χ1) is 9.65. The third kappa shape index (κ3) is 4.81. The van der Waals surface area contributed by atoms with Gasteiger partial charge in [-0.1, -0.05) is 6.07 Å². The van der Waals surface area contributed by atoms with Crippen molar-refractivity contribution in [3.63, 3.8) is 0 Å². The van der Waals surface area contributed by atoms with Crippen molar-refractivity contribution in [3.8, 4) is 0 Å². The number of nitrogens with one attached hydrogen (secondary N) is 1. The minimum absolute atomic E-state index is 0.374. The van der Waals surface area contributed by atoms with E-state index in [9.17, 15) is 8.78 Å². The zero-order chi connectivity index (χ0) is 14.4. The molecule has 1 heterocycles. The van der Waals surface area contributed by atoms with Crippen LogP contribution in [0.1, 0.15) is 12.5 Å². The lowest BCUT2D eigenvalue weighted by Gasteiger charge is -2.29. The highest BCUT2D eigenvalue weighted by Crippen LogP contribution is 2.09. The van der Waals surface area contributed by atoms with E-state index in [0.29, 0.717) is 12.5 Å². The Labute approximate surface area is 118 Å². The van der Waals surface area contributed by atoms with Crippen molar-refractivity contribution in [1.29, 1.82) is 0 Å². The second-order valence-electron chi connectivity index (χ2n) is 5.27. The van der Waals surface area contributed by atoms with E-state index in [4.69, 9.17) is 4.74 Å².